The van der Waals surface area contributed by atoms with Gasteiger partial charge in [0.2, 0.25) is 0 Å². The predicted octanol–water partition coefficient (Wildman–Crippen LogP) is 3.94. The van der Waals surface area contributed by atoms with E-state index in [1.807, 2.05) is 74.4 Å². The topological polar surface area (TPSA) is 79.4 Å². The number of para-hydroxylation sites is 2. The molecule has 0 saturated carbocycles. The molecule has 3 rings (SSSR count). The molecule has 0 aliphatic carbocycles. The smallest absolute Gasteiger partial charge is 0.276 e. The van der Waals surface area contributed by atoms with Crippen LogP contribution in [0.25, 0.3) is 0 Å². The van der Waals surface area contributed by atoms with Crippen LogP contribution in [0, 0.1) is 0 Å². The number of amides is 1. The van der Waals surface area contributed by atoms with Crippen molar-refractivity contribution in [1.82, 2.24) is 10.2 Å². The van der Waals surface area contributed by atoms with E-state index in [1.165, 1.54) is 0 Å². The molecule has 1 amide bonds. The lowest BCUT2D eigenvalue weighted by molar-refractivity contribution is 0.102. The Hall–Kier alpha value is -3.61. The van der Waals surface area contributed by atoms with Gasteiger partial charge in [0, 0.05) is 25.5 Å². The number of nitrogens with zero attached hydrogens (tertiary/aromatic N) is 3. The van der Waals surface area contributed by atoms with E-state index in [1.54, 1.807) is 12.1 Å². The van der Waals surface area contributed by atoms with Crippen LogP contribution in [-0.4, -0.2) is 36.8 Å². The van der Waals surface area contributed by atoms with Gasteiger partial charge in [0.15, 0.2) is 11.5 Å². The molecule has 3 aromatic rings. The molecule has 7 nitrogen and oxygen atoms in total. The number of benzene rings is 2. The summed E-state index contributed by atoms with van der Waals surface area (Å²) in [4.78, 5) is 14.4. The van der Waals surface area contributed by atoms with Crippen LogP contribution >= 0.6 is 0 Å². The molecule has 0 bridgehead atoms. The highest BCUT2D eigenvalue weighted by atomic mass is 16.5. The summed E-state index contributed by atoms with van der Waals surface area (Å²) in [6.07, 6.45) is 0. The molecule has 0 saturated heterocycles. The number of rotatable bonds is 7. The van der Waals surface area contributed by atoms with E-state index in [0.717, 1.165) is 17.1 Å². The van der Waals surface area contributed by atoms with Crippen LogP contribution in [0.2, 0.25) is 0 Å². The molecule has 2 aromatic carbocycles. The minimum Gasteiger partial charge on any atom is -0.492 e. The highest BCUT2D eigenvalue weighted by Gasteiger charge is 2.10. The van der Waals surface area contributed by atoms with Crippen molar-refractivity contribution in [2.75, 3.05) is 36.2 Å². The summed E-state index contributed by atoms with van der Waals surface area (Å²) in [6.45, 7) is 2.50. The van der Waals surface area contributed by atoms with Gasteiger partial charge in [0.25, 0.3) is 5.91 Å². The zero-order chi connectivity index (χ0) is 19.9. The summed E-state index contributed by atoms with van der Waals surface area (Å²) in [6, 6.07) is 18.5. The zero-order valence-corrected chi connectivity index (χ0v) is 16.1. The van der Waals surface area contributed by atoms with Gasteiger partial charge in [-0.05, 0) is 55.5 Å². The van der Waals surface area contributed by atoms with E-state index in [9.17, 15) is 4.79 Å². The fourth-order valence-electron chi connectivity index (χ4n) is 2.55. The van der Waals surface area contributed by atoms with Crippen molar-refractivity contribution in [3.8, 4) is 5.75 Å². The molecule has 0 aliphatic heterocycles. The van der Waals surface area contributed by atoms with Crippen LogP contribution in [-0.2, 0) is 0 Å². The first kappa shape index (κ1) is 19.2. The normalized spacial score (nSPS) is 10.2. The summed E-state index contributed by atoms with van der Waals surface area (Å²) < 4.78 is 5.58. The van der Waals surface area contributed by atoms with Crippen molar-refractivity contribution in [3.05, 3.63) is 66.4 Å². The molecule has 0 radical (unpaired) electrons. The average molecular weight is 377 g/mol. The lowest BCUT2D eigenvalue weighted by Crippen LogP contribution is -2.15. The Morgan fingerprint density at radius 2 is 1.75 bits per heavy atom. The fourth-order valence-corrected chi connectivity index (χ4v) is 2.55. The first-order valence-corrected chi connectivity index (χ1v) is 8.98. The van der Waals surface area contributed by atoms with E-state index in [2.05, 4.69) is 20.8 Å². The minimum absolute atomic E-state index is 0.236. The molecule has 0 atom stereocenters. The molecule has 0 aliphatic rings. The molecular formula is C21H23N5O2. The first-order valence-electron chi connectivity index (χ1n) is 8.98. The molecule has 1 heterocycles. The van der Waals surface area contributed by atoms with E-state index in [0.29, 0.717) is 18.1 Å². The second-order valence-electron chi connectivity index (χ2n) is 6.25. The van der Waals surface area contributed by atoms with Crippen LogP contribution in [0.1, 0.15) is 17.4 Å². The second-order valence-corrected chi connectivity index (χ2v) is 6.25. The molecule has 0 unspecified atom stereocenters. The molecule has 0 fully saturated rings. The lowest BCUT2D eigenvalue weighted by atomic mass is 10.2. The predicted molar refractivity (Wildman–Crippen MR) is 112 cm³/mol. The van der Waals surface area contributed by atoms with Crippen LogP contribution in [0.4, 0.5) is 22.9 Å². The monoisotopic (exact) mass is 377 g/mol. The van der Waals surface area contributed by atoms with Crippen molar-refractivity contribution < 1.29 is 9.53 Å². The van der Waals surface area contributed by atoms with Crippen molar-refractivity contribution >= 4 is 28.8 Å². The lowest BCUT2D eigenvalue weighted by Gasteiger charge is -2.13. The van der Waals surface area contributed by atoms with Crippen LogP contribution in [0.5, 0.6) is 5.75 Å². The summed E-state index contributed by atoms with van der Waals surface area (Å²) in [5.41, 5.74) is 2.78. The zero-order valence-electron chi connectivity index (χ0n) is 16.1. The van der Waals surface area contributed by atoms with Crippen LogP contribution in [0.3, 0.4) is 0 Å². The first-order chi connectivity index (χ1) is 13.6. The van der Waals surface area contributed by atoms with Gasteiger partial charge >= 0.3 is 0 Å². The Balaban J connectivity index is 1.66. The van der Waals surface area contributed by atoms with Gasteiger partial charge in [0.05, 0.1) is 12.3 Å². The summed E-state index contributed by atoms with van der Waals surface area (Å²) in [7, 11) is 3.93. The highest BCUT2D eigenvalue weighted by molar-refractivity contribution is 6.02. The Kier molecular flexibility index (Phi) is 6.06. The largest absolute Gasteiger partial charge is 0.492 e. The second kappa shape index (κ2) is 8.85. The summed E-state index contributed by atoms with van der Waals surface area (Å²) in [5, 5.41) is 14.1. The van der Waals surface area contributed by atoms with E-state index in [-0.39, 0.29) is 11.6 Å². The number of hydrogen-bond donors (Lipinski definition) is 2. The Morgan fingerprint density at radius 3 is 2.39 bits per heavy atom. The third-order valence-electron chi connectivity index (χ3n) is 3.99. The van der Waals surface area contributed by atoms with Crippen LogP contribution in [0.15, 0.2) is 60.7 Å². The molecular weight excluding hydrogens is 354 g/mol. The average Bonchev–Trinajstić information content (AvgIpc) is 2.70. The highest BCUT2D eigenvalue weighted by Crippen LogP contribution is 2.26. The number of nitrogens with one attached hydrogen (secondary N) is 2. The molecule has 144 valence electrons. The minimum atomic E-state index is -0.314. The van der Waals surface area contributed by atoms with Gasteiger partial charge in [-0.15, -0.1) is 10.2 Å². The van der Waals surface area contributed by atoms with Crippen molar-refractivity contribution in [2.45, 2.75) is 6.92 Å². The van der Waals surface area contributed by atoms with Crippen molar-refractivity contribution in [1.29, 1.82) is 0 Å². The van der Waals surface area contributed by atoms with Crippen molar-refractivity contribution in [3.63, 3.8) is 0 Å². The number of anilines is 4. The Bertz CT molecular complexity index is 924. The maximum absolute atomic E-state index is 12.4. The maximum Gasteiger partial charge on any atom is 0.276 e. The number of carbonyl (C=O) groups is 1. The number of carbonyl (C=O) groups excluding carboxylic acids is 1. The van der Waals surface area contributed by atoms with Gasteiger partial charge < -0.3 is 20.3 Å². The van der Waals surface area contributed by atoms with E-state index < -0.39 is 0 Å². The third-order valence-corrected chi connectivity index (χ3v) is 3.99. The number of ether oxygens (including phenoxy) is 1. The van der Waals surface area contributed by atoms with Crippen LogP contribution < -0.4 is 20.3 Å². The van der Waals surface area contributed by atoms with Gasteiger partial charge in [-0.25, -0.2) is 0 Å². The Labute approximate surface area is 164 Å². The third kappa shape index (κ3) is 4.76. The van der Waals surface area contributed by atoms with Gasteiger partial charge in [-0.1, -0.05) is 12.1 Å². The molecule has 7 heteroatoms. The quantitative estimate of drug-likeness (QED) is 0.649. The van der Waals surface area contributed by atoms with Gasteiger partial charge in [-0.2, -0.15) is 0 Å². The summed E-state index contributed by atoms with van der Waals surface area (Å²) in [5.74, 6) is 0.945. The van der Waals surface area contributed by atoms with Gasteiger partial charge in [-0.3, -0.25) is 4.79 Å². The fraction of sp³-hybridized carbons (Fsp3) is 0.190. The SMILES string of the molecule is CCOc1ccccc1Nc1ccc(C(=O)Nc2ccc(N(C)C)cc2)nn1. The van der Waals surface area contributed by atoms with Gasteiger partial charge in [0.1, 0.15) is 5.75 Å². The standard InChI is InChI=1S/C21H23N5O2/c1-4-28-19-8-6-5-7-17(19)23-20-14-13-18(24-25-20)21(27)22-15-9-11-16(12-10-15)26(2)3/h5-14H,4H2,1-3H3,(H,22,27)(H,23,25). The maximum atomic E-state index is 12.4. The van der Waals surface area contributed by atoms with E-state index >= 15 is 0 Å². The van der Waals surface area contributed by atoms with E-state index in [4.69, 9.17) is 4.74 Å². The number of aromatic nitrogens is 2. The number of hydrogen-bond acceptors (Lipinski definition) is 6. The molecule has 28 heavy (non-hydrogen) atoms. The van der Waals surface area contributed by atoms with Crippen molar-refractivity contribution in [2.24, 2.45) is 0 Å². The summed E-state index contributed by atoms with van der Waals surface area (Å²) >= 11 is 0. The molecule has 2 N–H and O–H groups in total. The Morgan fingerprint density at radius 1 is 1.00 bits per heavy atom. The molecule has 0 spiro atoms. The molecule has 1 aromatic heterocycles.